The molecule has 0 aromatic heterocycles. The fourth-order valence-corrected chi connectivity index (χ4v) is 4.15. The quantitative estimate of drug-likeness (QED) is 0.781. The van der Waals surface area contributed by atoms with E-state index in [1.807, 2.05) is 31.2 Å². The third-order valence-electron chi connectivity index (χ3n) is 5.64. The fraction of sp³-hybridized carbons (Fsp3) is 0.348. The maximum absolute atomic E-state index is 13.0. The molecule has 30 heavy (non-hydrogen) atoms. The Balaban J connectivity index is 1.47. The van der Waals surface area contributed by atoms with Gasteiger partial charge in [0, 0.05) is 42.5 Å². The summed E-state index contributed by atoms with van der Waals surface area (Å²) in [6.45, 7) is 3.10. The van der Waals surface area contributed by atoms with E-state index in [-0.39, 0.29) is 30.3 Å². The average molecular weight is 407 g/mol. The Morgan fingerprint density at radius 3 is 2.43 bits per heavy atom. The van der Waals surface area contributed by atoms with Crippen molar-refractivity contribution in [3.05, 3.63) is 54.1 Å². The van der Waals surface area contributed by atoms with Crippen LogP contribution in [0.1, 0.15) is 30.1 Å². The summed E-state index contributed by atoms with van der Waals surface area (Å²) in [6.07, 6.45) is 1.43. The van der Waals surface area contributed by atoms with Crippen molar-refractivity contribution in [3.8, 4) is 5.75 Å². The molecular weight excluding hydrogens is 382 g/mol. The number of rotatable bonds is 4. The summed E-state index contributed by atoms with van der Waals surface area (Å²) < 4.78 is 5.26. The van der Waals surface area contributed by atoms with E-state index < -0.39 is 0 Å². The van der Waals surface area contributed by atoms with E-state index in [0.29, 0.717) is 30.8 Å². The van der Waals surface area contributed by atoms with Crippen molar-refractivity contribution >= 4 is 29.1 Å². The van der Waals surface area contributed by atoms with Gasteiger partial charge in [-0.25, -0.2) is 0 Å². The average Bonchev–Trinajstić information content (AvgIpc) is 3.19. The van der Waals surface area contributed by atoms with Crippen LogP contribution in [0.3, 0.4) is 0 Å². The van der Waals surface area contributed by atoms with Gasteiger partial charge in [0.25, 0.3) is 5.91 Å². The van der Waals surface area contributed by atoms with E-state index in [0.717, 1.165) is 17.8 Å². The van der Waals surface area contributed by atoms with Crippen LogP contribution >= 0.6 is 0 Å². The van der Waals surface area contributed by atoms with Crippen LogP contribution in [0.2, 0.25) is 0 Å². The number of hydrogen-bond acceptors (Lipinski definition) is 4. The van der Waals surface area contributed by atoms with E-state index in [2.05, 4.69) is 0 Å². The molecule has 4 rings (SSSR count). The van der Waals surface area contributed by atoms with Crippen LogP contribution in [-0.2, 0) is 9.59 Å². The molecule has 7 heteroatoms. The monoisotopic (exact) mass is 407 g/mol. The first kappa shape index (κ1) is 19.9. The third kappa shape index (κ3) is 3.75. The van der Waals surface area contributed by atoms with Crippen LogP contribution in [0.4, 0.5) is 11.4 Å². The molecule has 2 heterocycles. The van der Waals surface area contributed by atoms with Gasteiger partial charge in [-0.05, 0) is 49.7 Å². The summed E-state index contributed by atoms with van der Waals surface area (Å²) in [4.78, 5) is 42.8. The van der Waals surface area contributed by atoms with E-state index in [9.17, 15) is 14.4 Å². The SMILES string of the molecule is COc1cccc(N2C(=O)CN(C(=O)c3ccc(N4CCCC4=O)cc3)C[C@@H]2C)c1. The van der Waals surface area contributed by atoms with Gasteiger partial charge in [0.1, 0.15) is 12.3 Å². The van der Waals surface area contributed by atoms with E-state index in [1.54, 1.807) is 46.1 Å². The zero-order valence-electron chi connectivity index (χ0n) is 17.2. The molecule has 2 aromatic rings. The highest BCUT2D eigenvalue weighted by Gasteiger charge is 2.34. The lowest BCUT2D eigenvalue weighted by Gasteiger charge is -2.39. The van der Waals surface area contributed by atoms with Crippen LogP contribution in [0.15, 0.2) is 48.5 Å². The Hall–Kier alpha value is -3.35. The van der Waals surface area contributed by atoms with Gasteiger partial charge in [-0.2, -0.15) is 0 Å². The van der Waals surface area contributed by atoms with Gasteiger partial charge in [0.2, 0.25) is 11.8 Å². The Kier molecular flexibility index (Phi) is 5.44. The zero-order chi connectivity index (χ0) is 21.3. The summed E-state index contributed by atoms with van der Waals surface area (Å²) in [5.74, 6) is 0.485. The lowest BCUT2D eigenvalue weighted by atomic mass is 10.1. The molecular formula is C23H25N3O4. The largest absolute Gasteiger partial charge is 0.497 e. The van der Waals surface area contributed by atoms with Crippen LogP contribution in [0.25, 0.3) is 0 Å². The number of nitrogens with zero attached hydrogens (tertiary/aromatic N) is 3. The summed E-state index contributed by atoms with van der Waals surface area (Å²) >= 11 is 0. The van der Waals surface area contributed by atoms with Crippen molar-refractivity contribution < 1.29 is 19.1 Å². The topological polar surface area (TPSA) is 70.2 Å². The maximum Gasteiger partial charge on any atom is 0.254 e. The number of anilines is 2. The van der Waals surface area contributed by atoms with Gasteiger partial charge in [0.15, 0.2) is 0 Å². The van der Waals surface area contributed by atoms with Crippen molar-refractivity contribution in [1.29, 1.82) is 0 Å². The molecule has 156 valence electrons. The molecule has 1 atom stereocenters. The predicted octanol–water partition coefficient (Wildman–Crippen LogP) is 2.70. The van der Waals surface area contributed by atoms with Gasteiger partial charge in [-0.15, -0.1) is 0 Å². The van der Waals surface area contributed by atoms with Gasteiger partial charge in [-0.1, -0.05) is 6.07 Å². The van der Waals surface area contributed by atoms with E-state index in [4.69, 9.17) is 4.74 Å². The molecule has 0 unspecified atom stereocenters. The standard InChI is InChI=1S/C23H25N3O4/c1-16-14-24(15-22(28)26(16)19-5-3-6-20(13-19)30-2)23(29)17-8-10-18(11-9-17)25-12-4-7-21(25)27/h3,5-6,8-11,13,16H,4,7,12,14-15H2,1-2H3/t16-/m0/s1. The number of benzene rings is 2. The molecule has 2 aliphatic rings. The molecule has 0 aliphatic carbocycles. The zero-order valence-corrected chi connectivity index (χ0v) is 17.2. The highest BCUT2D eigenvalue weighted by Crippen LogP contribution is 2.27. The van der Waals surface area contributed by atoms with Gasteiger partial charge in [0.05, 0.1) is 13.2 Å². The highest BCUT2D eigenvalue weighted by molar-refractivity contribution is 6.02. The number of methoxy groups -OCH3 is 1. The number of amides is 3. The number of piperazine rings is 1. The molecule has 2 aromatic carbocycles. The molecule has 2 fully saturated rings. The first-order valence-electron chi connectivity index (χ1n) is 10.1. The summed E-state index contributed by atoms with van der Waals surface area (Å²) in [6, 6.07) is 14.3. The third-order valence-corrected chi connectivity index (χ3v) is 5.64. The van der Waals surface area contributed by atoms with Gasteiger partial charge in [-0.3, -0.25) is 14.4 Å². The minimum Gasteiger partial charge on any atom is -0.497 e. The number of carbonyl (C=O) groups is 3. The van der Waals surface area contributed by atoms with Crippen LogP contribution in [-0.4, -0.2) is 55.4 Å². The van der Waals surface area contributed by atoms with Crippen LogP contribution < -0.4 is 14.5 Å². The number of hydrogen-bond donors (Lipinski definition) is 0. The van der Waals surface area contributed by atoms with E-state index in [1.165, 1.54) is 0 Å². The van der Waals surface area contributed by atoms with Crippen molar-refractivity contribution in [1.82, 2.24) is 4.90 Å². The Morgan fingerprint density at radius 2 is 1.80 bits per heavy atom. The van der Waals surface area contributed by atoms with Gasteiger partial charge < -0.3 is 19.4 Å². The Bertz CT molecular complexity index is 973. The second kappa shape index (κ2) is 8.18. The second-order valence-electron chi connectivity index (χ2n) is 7.70. The Morgan fingerprint density at radius 1 is 1.03 bits per heavy atom. The summed E-state index contributed by atoms with van der Waals surface area (Å²) in [5.41, 5.74) is 2.08. The Labute approximate surface area is 175 Å². The molecule has 0 radical (unpaired) electrons. The van der Waals surface area contributed by atoms with Crippen molar-refractivity contribution in [2.75, 3.05) is 36.5 Å². The molecule has 0 spiro atoms. The molecule has 0 saturated carbocycles. The van der Waals surface area contributed by atoms with Crippen LogP contribution in [0.5, 0.6) is 5.75 Å². The van der Waals surface area contributed by atoms with Crippen molar-refractivity contribution in [3.63, 3.8) is 0 Å². The van der Waals surface area contributed by atoms with E-state index >= 15 is 0 Å². The molecule has 7 nitrogen and oxygen atoms in total. The highest BCUT2D eigenvalue weighted by atomic mass is 16.5. The summed E-state index contributed by atoms with van der Waals surface area (Å²) in [7, 11) is 1.59. The normalized spacial score (nSPS) is 19.4. The number of ether oxygens (including phenoxy) is 1. The minimum atomic E-state index is -0.181. The lowest BCUT2D eigenvalue weighted by Crippen LogP contribution is -2.57. The van der Waals surface area contributed by atoms with Crippen molar-refractivity contribution in [2.24, 2.45) is 0 Å². The van der Waals surface area contributed by atoms with Crippen molar-refractivity contribution in [2.45, 2.75) is 25.8 Å². The molecule has 3 amide bonds. The molecule has 2 saturated heterocycles. The lowest BCUT2D eigenvalue weighted by molar-refractivity contribution is -0.121. The fourth-order valence-electron chi connectivity index (χ4n) is 4.15. The first-order valence-corrected chi connectivity index (χ1v) is 10.1. The smallest absolute Gasteiger partial charge is 0.254 e. The van der Waals surface area contributed by atoms with Gasteiger partial charge >= 0.3 is 0 Å². The number of carbonyl (C=O) groups excluding carboxylic acids is 3. The molecule has 2 aliphatic heterocycles. The van der Waals surface area contributed by atoms with Crippen LogP contribution in [0, 0.1) is 0 Å². The maximum atomic E-state index is 13.0. The predicted molar refractivity (Wildman–Crippen MR) is 114 cm³/mol. The first-order chi connectivity index (χ1) is 14.5. The second-order valence-corrected chi connectivity index (χ2v) is 7.70. The molecule has 0 N–H and O–H groups in total. The molecule has 0 bridgehead atoms. The minimum absolute atomic E-state index is 0.0206. The summed E-state index contributed by atoms with van der Waals surface area (Å²) in [5, 5.41) is 0.